The Morgan fingerprint density at radius 2 is 1.19 bits per heavy atom. The fourth-order valence-corrected chi connectivity index (χ4v) is 7.76. The van der Waals surface area contributed by atoms with Gasteiger partial charge in [0.1, 0.15) is 31.0 Å². The van der Waals surface area contributed by atoms with E-state index in [1.807, 2.05) is 12.2 Å². The molecule has 0 amide bonds. The number of aliphatic hydroxyl groups is 4. The summed E-state index contributed by atoms with van der Waals surface area (Å²) in [7, 11) is 0. The molecule has 0 aromatic carbocycles. The molecule has 0 radical (unpaired) electrons. The predicted octanol–water partition coefficient (Wildman–Crippen LogP) is 6.17. The monoisotopic (exact) mass is 802 g/mol. The quantitative estimate of drug-likeness (QED) is 0.0383. The molecule has 0 spiro atoms. The number of carbonyl (C=O) groups is 4. The van der Waals surface area contributed by atoms with Crippen molar-refractivity contribution in [2.45, 2.75) is 166 Å². The molecule has 0 unspecified atom stereocenters. The van der Waals surface area contributed by atoms with Crippen LogP contribution in [0.25, 0.3) is 0 Å². The van der Waals surface area contributed by atoms with E-state index in [0.717, 1.165) is 89.9 Å². The lowest BCUT2D eigenvalue weighted by atomic mass is 9.87. The average molecular weight is 803 g/mol. The molecule has 3 aliphatic rings. The summed E-state index contributed by atoms with van der Waals surface area (Å²) in [6, 6.07) is 0. The second-order valence-corrected chi connectivity index (χ2v) is 15.7. The van der Waals surface area contributed by atoms with Crippen LogP contribution in [-0.4, -0.2) is 101 Å². The molecule has 1 heterocycles. The second kappa shape index (κ2) is 27.6. The van der Waals surface area contributed by atoms with Crippen LogP contribution in [0.4, 0.5) is 0 Å². The van der Waals surface area contributed by atoms with Crippen LogP contribution < -0.4 is 0 Å². The Morgan fingerprint density at radius 3 is 1.72 bits per heavy atom. The molecule has 12 heteroatoms. The van der Waals surface area contributed by atoms with Gasteiger partial charge in [-0.3, -0.25) is 19.2 Å². The Balaban J connectivity index is 1.36. The molecule has 2 aliphatic carbocycles. The maximum absolute atomic E-state index is 12.8. The zero-order chi connectivity index (χ0) is 41.4. The van der Waals surface area contributed by atoms with Gasteiger partial charge in [-0.1, -0.05) is 102 Å². The Kier molecular flexibility index (Phi) is 23.5. The number of aliphatic hydroxyl groups excluding tert-OH is 4. The van der Waals surface area contributed by atoms with Crippen LogP contribution in [0.15, 0.2) is 48.6 Å². The molecule has 57 heavy (non-hydrogen) atoms. The predicted molar refractivity (Wildman–Crippen MR) is 216 cm³/mol. The first-order valence-corrected chi connectivity index (χ1v) is 21.6. The van der Waals surface area contributed by atoms with Crippen LogP contribution in [0, 0.1) is 23.7 Å². The van der Waals surface area contributed by atoms with Gasteiger partial charge in [-0.05, 0) is 75.4 Å². The number of carbonyl (C=O) groups excluding carboxylic acids is 4. The average Bonchev–Trinajstić information content (AvgIpc) is 3.74. The fraction of sp³-hybridized carbons (Fsp3) is 0.733. The lowest BCUT2D eigenvalue weighted by Gasteiger charge is -2.39. The van der Waals surface area contributed by atoms with E-state index < -0.39 is 55.4 Å². The lowest BCUT2D eigenvalue weighted by molar-refractivity contribution is -0.305. The van der Waals surface area contributed by atoms with Crippen LogP contribution >= 0.6 is 0 Å². The van der Waals surface area contributed by atoms with E-state index in [2.05, 4.69) is 38.2 Å². The summed E-state index contributed by atoms with van der Waals surface area (Å²) in [6.07, 6.45) is 22.2. The number of esters is 2. The largest absolute Gasteiger partial charge is 0.462 e. The van der Waals surface area contributed by atoms with Gasteiger partial charge >= 0.3 is 11.9 Å². The van der Waals surface area contributed by atoms with Gasteiger partial charge in [0.25, 0.3) is 0 Å². The molecule has 1 fully saturated rings. The van der Waals surface area contributed by atoms with Crippen molar-refractivity contribution in [1.82, 2.24) is 0 Å². The normalized spacial score (nSPS) is 27.9. The van der Waals surface area contributed by atoms with Crippen molar-refractivity contribution in [3.05, 3.63) is 48.6 Å². The molecule has 0 aromatic heterocycles. The molecule has 1 aliphatic heterocycles. The Bertz CT molecular complexity index is 1320. The SMILES string of the molecule is CC/C=C\C[C@@H]1C(=O)C=C[C@H]1CCCCCCCC(=O)OC[C@H](CO[C@@H]1O[C@H](CO)[C@H](O)[C@H](O)[C@H]1O)OC(=O)CCCCCCC[C@@H]1C=CC(=O)[C@H]1C/C=C\CC. The first-order chi connectivity index (χ1) is 27.6. The van der Waals surface area contributed by atoms with Gasteiger partial charge in [-0.2, -0.15) is 0 Å². The molecule has 10 atom stereocenters. The third kappa shape index (κ3) is 17.4. The zero-order valence-electron chi connectivity index (χ0n) is 34.3. The highest BCUT2D eigenvalue weighted by Crippen LogP contribution is 2.32. The number of ketones is 2. The second-order valence-electron chi connectivity index (χ2n) is 15.7. The van der Waals surface area contributed by atoms with Gasteiger partial charge in [0, 0.05) is 24.7 Å². The summed E-state index contributed by atoms with van der Waals surface area (Å²) < 4.78 is 22.1. The zero-order valence-corrected chi connectivity index (χ0v) is 34.3. The summed E-state index contributed by atoms with van der Waals surface area (Å²) in [6.45, 7) is 2.93. The number of unbranched alkanes of at least 4 members (excludes halogenated alkanes) is 8. The van der Waals surface area contributed by atoms with Gasteiger partial charge in [-0.25, -0.2) is 0 Å². The molecular formula is C45H70O12. The summed E-state index contributed by atoms with van der Waals surface area (Å²) in [5, 5.41) is 40.1. The first-order valence-electron chi connectivity index (χ1n) is 21.6. The number of ether oxygens (including phenoxy) is 4. The van der Waals surface area contributed by atoms with Gasteiger partial charge in [0.05, 0.1) is 13.2 Å². The van der Waals surface area contributed by atoms with E-state index >= 15 is 0 Å². The van der Waals surface area contributed by atoms with Crippen molar-refractivity contribution < 1.29 is 58.6 Å². The molecule has 3 rings (SSSR count). The lowest BCUT2D eigenvalue weighted by Crippen LogP contribution is -2.59. The topological polar surface area (TPSA) is 186 Å². The van der Waals surface area contributed by atoms with E-state index in [4.69, 9.17) is 18.9 Å². The minimum atomic E-state index is -1.63. The number of allylic oxidation sites excluding steroid dienone is 8. The van der Waals surface area contributed by atoms with E-state index in [1.54, 1.807) is 12.2 Å². The molecule has 0 aromatic rings. The Labute approximate surface area is 339 Å². The summed E-state index contributed by atoms with van der Waals surface area (Å²) in [5.74, 6) is 0.157. The van der Waals surface area contributed by atoms with Crippen molar-refractivity contribution in [3.63, 3.8) is 0 Å². The van der Waals surface area contributed by atoms with Crippen molar-refractivity contribution in [2.75, 3.05) is 19.8 Å². The Hall–Kier alpha value is -3.00. The maximum Gasteiger partial charge on any atom is 0.306 e. The highest BCUT2D eigenvalue weighted by molar-refractivity contribution is 5.95. The standard InChI is InChI=1S/C45H70O12/c1-3-5-13-21-35-32(25-27-37(35)47)19-15-9-7-11-17-23-40(49)54-30-34(31-55-45-44(53)43(52)42(51)39(29-46)57-45)56-41(50)24-18-12-8-10-16-20-33-26-28-38(48)36(33)22-14-6-4-2/h5-6,13-14,25-28,32-36,39,42-46,51-53H,3-4,7-12,15-24,29-31H2,1-2H3/b13-5-,14-6-/t32-,33-,34-,35+,36+,39-,42+,43+,44-,45-/m1/s1. The van der Waals surface area contributed by atoms with Crippen molar-refractivity contribution in [3.8, 4) is 0 Å². The molecule has 12 nitrogen and oxygen atoms in total. The van der Waals surface area contributed by atoms with Gasteiger partial charge < -0.3 is 39.4 Å². The van der Waals surface area contributed by atoms with E-state index in [0.29, 0.717) is 12.8 Å². The number of hydrogen-bond donors (Lipinski definition) is 4. The van der Waals surface area contributed by atoms with Gasteiger partial charge in [-0.15, -0.1) is 0 Å². The first kappa shape index (κ1) is 48.4. The van der Waals surface area contributed by atoms with Crippen molar-refractivity contribution in [1.29, 1.82) is 0 Å². The van der Waals surface area contributed by atoms with Gasteiger partial charge in [0.2, 0.25) is 0 Å². The van der Waals surface area contributed by atoms with Crippen LogP contribution in [0.1, 0.15) is 129 Å². The fourth-order valence-electron chi connectivity index (χ4n) is 7.76. The minimum Gasteiger partial charge on any atom is -0.462 e. The van der Waals surface area contributed by atoms with Crippen LogP contribution in [-0.2, 0) is 38.1 Å². The van der Waals surface area contributed by atoms with E-state index in [9.17, 15) is 39.6 Å². The Morgan fingerprint density at radius 1 is 0.684 bits per heavy atom. The number of hydrogen-bond acceptors (Lipinski definition) is 12. The van der Waals surface area contributed by atoms with Crippen molar-refractivity contribution >= 4 is 23.5 Å². The minimum absolute atomic E-state index is 0.0425. The highest BCUT2D eigenvalue weighted by atomic mass is 16.7. The van der Waals surface area contributed by atoms with Gasteiger partial charge in [0.15, 0.2) is 24.0 Å². The van der Waals surface area contributed by atoms with Crippen LogP contribution in [0.2, 0.25) is 0 Å². The molecule has 0 bridgehead atoms. The third-order valence-corrected chi connectivity index (χ3v) is 11.2. The van der Waals surface area contributed by atoms with Crippen LogP contribution in [0.5, 0.6) is 0 Å². The van der Waals surface area contributed by atoms with E-state index in [-0.39, 0.29) is 61.3 Å². The highest BCUT2D eigenvalue weighted by Gasteiger charge is 2.44. The molecule has 4 N–H and O–H groups in total. The molecule has 1 saturated heterocycles. The van der Waals surface area contributed by atoms with E-state index in [1.165, 1.54) is 0 Å². The molecule has 322 valence electrons. The summed E-state index contributed by atoms with van der Waals surface area (Å²) in [4.78, 5) is 50.0. The number of rotatable bonds is 29. The third-order valence-electron chi connectivity index (χ3n) is 11.2. The van der Waals surface area contributed by atoms with Crippen LogP contribution in [0.3, 0.4) is 0 Å². The summed E-state index contributed by atoms with van der Waals surface area (Å²) in [5.41, 5.74) is 0. The van der Waals surface area contributed by atoms with Crippen molar-refractivity contribution in [2.24, 2.45) is 23.7 Å². The molecule has 0 saturated carbocycles. The maximum atomic E-state index is 12.8. The summed E-state index contributed by atoms with van der Waals surface area (Å²) >= 11 is 0. The molecular weight excluding hydrogens is 732 g/mol. The smallest absolute Gasteiger partial charge is 0.306 e.